The zero-order valence-electron chi connectivity index (χ0n) is 14.4. The molecule has 3 aromatic rings. The topological polar surface area (TPSA) is 93.6 Å². The number of carbonyl (C=O) groups is 1. The van der Waals surface area contributed by atoms with Crippen molar-refractivity contribution in [3.63, 3.8) is 0 Å². The van der Waals surface area contributed by atoms with Gasteiger partial charge in [-0.1, -0.05) is 18.2 Å². The summed E-state index contributed by atoms with van der Waals surface area (Å²) in [6, 6.07) is 11.4. The molecule has 7 nitrogen and oxygen atoms in total. The Kier molecular flexibility index (Phi) is 5.65. The Balaban J connectivity index is 1.71. The molecule has 1 atom stereocenters. The van der Waals surface area contributed by atoms with E-state index < -0.39 is 12.1 Å². The van der Waals surface area contributed by atoms with Crippen LogP contribution >= 0.6 is 11.7 Å². The lowest BCUT2D eigenvalue weighted by Gasteiger charge is -2.17. The Hall–Kier alpha value is -2.71. The number of carboxylic acid groups (broad SMARTS) is 1. The fourth-order valence-electron chi connectivity index (χ4n) is 2.50. The molecule has 0 radical (unpaired) electrons. The molecule has 0 spiro atoms. The molecule has 0 aliphatic heterocycles. The van der Waals surface area contributed by atoms with E-state index in [0.717, 1.165) is 22.2 Å². The van der Waals surface area contributed by atoms with Crippen LogP contribution in [-0.2, 0) is 17.9 Å². The molecule has 8 heteroatoms. The number of aromatic nitrogens is 2. The summed E-state index contributed by atoms with van der Waals surface area (Å²) in [5, 5.41) is 12.4. The summed E-state index contributed by atoms with van der Waals surface area (Å²) in [6.07, 6.45) is -0.968. The summed E-state index contributed by atoms with van der Waals surface area (Å²) in [5.74, 6) is -0.0797. The lowest BCUT2D eigenvalue weighted by Crippen LogP contribution is -2.24. The standard InChI is InChI=1S/C18H19N3O4S/c1-11(18(22)23)25-17-13(4-3-5-16(17)24-2)10-19-9-12-6-7-14-15(8-12)21-26-20-14/h3-8,11,19H,9-10H2,1-2H3,(H,22,23)/t11-/m0/s1. The maximum absolute atomic E-state index is 11.1. The molecule has 2 N–H and O–H groups in total. The highest BCUT2D eigenvalue weighted by atomic mass is 32.1. The second kappa shape index (κ2) is 8.11. The smallest absolute Gasteiger partial charge is 0.344 e. The number of para-hydroxylation sites is 1. The summed E-state index contributed by atoms with van der Waals surface area (Å²) in [6.45, 7) is 2.63. The molecule has 0 aliphatic rings. The highest BCUT2D eigenvalue weighted by Crippen LogP contribution is 2.32. The molecule has 0 saturated carbocycles. The van der Waals surface area contributed by atoms with Crippen LogP contribution in [0.15, 0.2) is 36.4 Å². The first kappa shape index (κ1) is 18.1. The van der Waals surface area contributed by atoms with E-state index in [-0.39, 0.29) is 0 Å². The van der Waals surface area contributed by atoms with Gasteiger partial charge in [-0.2, -0.15) is 8.75 Å². The first-order chi connectivity index (χ1) is 12.6. The number of fused-ring (bicyclic) bond motifs is 1. The van der Waals surface area contributed by atoms with E-state index in [1.54, 1.807) is 6.07 Å². The van der Waals surface area contributed by atoms with Gasteiger partial charge in [0.15, 0.2) is 17.6 Å². The summed E-state index contributed by atoms with van der Waals surface area (Å²) >= 11 is 1.20. The maximum atomic E-state index is 11.1. The highest BCUT2D eigenvalue weighted by molar-refractivity contribution is 7.00. The zero-order valence-corrected chi connectivity index (χ0v) is 15.2. The molecule has 1 aromatic heterocycles. The van der Waals surface area contributed by atoms with Gasteiger partial charge >= 0.3 is 5.97 Å². The molecule has 0 bridgehead atoms. The third-order valence-electron chi connectivity index (χ3n) is 3.89. The third-order valence-corrected chi connectivity index (χ3v) is 4.44. The van der Waals surface area contributed by atoms with Gasteiger partial charge in [0.1, 0.15) is 11.0 Å². The summed E-state index contributed by atoms with van der Waals surface area (Å²) in [5.41, 5.74) is 3.70. The van der Waals surface area contributed by atoms with Gasteiger partial charge in [-0.15, -0.1) is 0 Å². The van der Waals surface area contributed by atoms with Gasteiger partial charge in [0.2, 0.25) is 0 Å². The molecule has 0 aliphatic carbocycles. The molecular weight excluding hydrogens is 354 g/mol. The molecule has 2 aromatic carbocycles. The highest BCUT2D eigenvalue weighted by Gasteiger charge is 2.18. The lowest BCUT2D eigenvalue weighted by molar-refractivity contribution is -0.144. The normalized spacial score (nSPS) is 12.1. The predicted molar refractivity (Wildman–Crippen MR) is 98.7 cm³/mol. The number of aliphatic carboxylic acids is 1. The van der Waals surface area contributed by atoms with Crippen LogP contribution in [-0.4, -0.2) is 33.0 Å². The minimum atomic E-state index is -1.03. The number of carboxylic acids is 1. The van der Waals surface area contributed by atoms with Crippen molar-refractivity contribution < 1.29 is 19.4 Å². The second-order valence-corrected chi connectivity index (χ2v) is 6.27. The van der Waals surface area contributed by atoms with E-state index >= 15 is 0 Å². The molecule has 3 rings (SSSR count). The quantitative estimate of drug-likeness (QED) is 0.627. The van der Waals surface area contributed by atoms with Crippen molar-refractivity contribution in [1.82, 2.24) is 14.1 Å². The van der Waals surface area contributed by atoms with Crippen LogP contribution in [0.4, 0.5) is 0 Å². The van der Waals surface area contributed by atoms with Gasteiger partial charge < -0.3 is 19.9 Å². The van der Waals surface area contributed by atoms with Crippen LogP contribution in [0.5, 0.6) is 11.5 Å². The molecule has 26 heavy (non-hydrogen) atoms. The van der Waals surface area contributed by atoms with E-state index in [1.807, 2.05) is 30.3 Å². The molecule has 1 heterocycles. The predicted octanol–water partition coefficient (Wildman–Crippen LogP) is 2.84. The summed E-state index contributed by atoms with van der Waals surface area (Å²) in [7, 11) is 1.53. The van der Waals surface area contributed by atoms with Gasteiger partial charge in [-0.05, 0) is 30.7 Å². The van der Waals surface area contributed by atoms with Crippen LogP contribution < -0.4 is 14.8 Å². The first-order valence-electron chi connectivity index (χ1n) is 8.05. The Bertz CT molecular complexity index is 912. The van der Waals surface area contributed by atoms with Gasteiger partial charge in [-0.25, -0.2) is 4.79 Å². The monoisotopic (exact) mass is 373 g/mol. The van der Waals surface area contributed by atoms with E-state index in [1.165, 1.54) is 25.8 Å². The fourth-order valence-corrected chi connectivity index (χ4v) is 3.02. The number of nitrogens with zero attached hydrogens (tertiary/aromatic N) is 2. The summed E-state index contributed by atoms with van der Waals surface area (Å²) < 4.78 is 19.3. The van der Waals surface area contributed by atoms with Crippen LogP contribution in [0.2, 0.25) is 0 Å². The van der Waals surface area contributed by atoms with Crippen LogP contribution in [0.1, 0.15) is 18.1 Å². The average Bonchev–Trinajstić information content (AvgIpc) is 3.10. The zero-order chi connectivity index (χ0) is 18.5. The maximum Gasteiger partial charge on any atom is 0.344 e. The number of hydrogen-bond acceptors (Lipinski definition) is 7. The average molecular weight is 373 g/mol. The number of methoxy groups -OCH3 is 1. The lowest BCUT2D eigenvalue weighted by atomic mass is 10.1. The first-order valence-corrected chi connectivity index (χ1v) is 8.78. The van der Waals surface area contributed by atoms with Crippen molar-refractivity contribution in [3.8, 4) is 11.5 Å². The van der Waals surface area contributed by atoms with Crippen molar-refractivity contribution in [3.05, 3.63) is 47.5 Å². The van der Waals surface area contributed by atoms with Gasteiger partial charge in [0, 0.05) is 18.7 Å². The SMILES string of the molecule is COc1cccc(CNCc2ccc3nsnc3c2)c1O[C@@H](C)C(=O)O. The van der Waals surface area contributed by atoms with Crippen LogP contribution in [0.3, 0.4) is 0 Å². The minimum Gasteiger partial charge on any atom is -0.493 e. The van der Waals surface area contributed by atoms with Crippen molar-refractivity contribution in [1.29, 1.82) is 0 Å². The molecule has 0 amide bonds. The van der Waals surface area contributed by atoms with Gasteiger partial charge in [-0.3, -0.25) is 0 Å². The van der Waals surface area contributed by atoms with E-state index in [2.05, 4.69) is 14.1 Å². The van der Waals surface area contributed by atoms with E-state index in [4.69, 9.17) is 14.6 Å². The second-order valence-electron chi connectivity index (χ2n) is 5.74. The molecule has 0 fully saturated rings. The van der Waals surface area contributed by atoms with Crippen molar-refractivity contribution in [2.24, 2.45) is 0 Å². The Labute approximate surface area is 154 Å². The van der Waals surface area contributed by atoms with Crippen LogP contribution in [0.25, 0.3) is 11.0 Å². The van der Waals surface area contributed by atoms with Crippen molar-refractivity contribution in [2.45, 2.75) is 26.1 Å². The van der Waals surface area contributed by atoms with Crippen molar-refractivity contribution in [2.75, 3.05) is 7.11 Å². The van der Waals surface area contributed by atoms with Crippen molar-refractivity contribution >= 4 is 28.7 Å². The Morgan fingerprint density at radius 2 is 2.04 bits per heavy atom. The molecule has 0 saturated heterocycles. The fraction of sp³-hybridized carbons (Fsp3) is 0.278. The minimum absolute atomic E-state index is 0.441. The molecule has 136 valence electrons. The third kappa shape index (κ3) is 4.09. The molecule has 0 unspecified atom stereocenters. The largest absolute Gasteiger partial charge is 0.493 e. The van der Waals surface area contributed by atoms with E-state index in [9.17, 15) is 4.79 Å². The number of benzene rings is 2. The van der Waals surface area contributed by atoms with E-state index in [0.29, 0.717) is 24.6 Å². The number of rotatable bonds is 8. The molecular formula is C18H19N3O4S. The Morgan fingerprint density at radius 1 is 1.23 bits per heavy atom. The number of nitrogens with one attached hydrogen (secondary N) is 1. The van der Waals surface area contributed by atoms with Gasteiger partial charge in [0.05, 0.1) is 18.8 Å². The number of ether oxygens (including phenoxy) is 2. The summed E-state index contributed by atoms with van der Waals surface area (Å²) in [4.78, 5) is 11.1. The van der Waals surface area contributed by atoms with Crippen LogP contribution in [0, 0.1) is 0 Å². The van der Waals surface area contributed by atoms with Gasteiger partial charge in [0.25, 0.3) is 0 Å². The Morgan fingerprint density at radius 3 is 2.81 bits per heavy atom. The number of hydrogen-bond donors (Lipinski definition) is 2.